The van der Waals surface area contributed by atoms with Crippen molar-refractivity contribution in [3.8, 4) is 17.2 Å². The van der Waals surface area contributed by atoms with Crippen molar-refractivity contribution in [3.05, 3.63) is 75.5 Å². The molecule has 4 heterocycles. The second-order valence-electron chi connectivity index (χ2n) is 12.2. The van der Waals surface area contributed by atoms with Gasteiger partial charge in [0.15, 0.2) is 11.5 Å². The fourth-order valence-corrected chi connectivity index (χ4v) is 7.60. The molecule has 0 aliphatic carbocycles. The Labute approximate surface area is 260 Å². The molecule has 1 aromatic heterocycles. The van der Waals surface area contributed by atoms with Gasteiger partial charge in [-0.15, -0.1) is 11.3 Å². The van der Waals surface area contributed by atoms with Gasteiger partial charge >= 0.3 is 0 Å². The van der Waals surface area contributed by atoms with Gasteiger partial charge in [0.1, 0.15) is 10.6 Å². The predicted molar refractivity (Wildman–Crippen MR) is 172 cm³/mol. The van der Waals surface area contributed by atoms with Crippen LogP contribution >= 0.6 is 11.3 Å². The highest BCUT2D eigenvalue weighted by molar-refractivity contribution is 7.12. The minimum absolute atomic E-state index is 0.130. The third-order valence-electron chi connectivity index (χ3n) is 9.36. The summed E-state index contributed by atoms with van der Waals surface area (Å²) in [6, 6.07) is 18.8. The number of hydrogen-bond acceptors (Lipinski definition) is 7. The van der Waals surface area contributed by atoms with Crippen LogP contribution < -0.4 is 14.2 Å². The van der Waals surface area contributed by atoms with Crippen LogP contribution in [0.2, 0.25) is 0 Å². The van der Waals surface area contributed by atoms with Gasteiger partial charge in [0, 0.05) is 50.8 Å². The minimum atomic E-state index is 0.130. The largest absolute Gasteiger partial charge is 0.492 e. The Morgan fingerprint density at radius 3 is 2.49 bits per heavy atom. The van der Waals surface area contributed by atoms with Gasteiger partial charge in [-0.2, -0.15) is 0 Å². The summed E-state index contributed by atoms with van der Waals surface area (Å²) in [6.45, 7) is 12.6. The standard InChI is InChI=1S/C35H45N3O4S/c1-4-20-40-32-15-21-43-34(32)35(39)36-16-13-30(14-17-36)37-18-19-38(25(2)23-37)26(3)29-10-7-27(8-11-29)5-6-28-9-12-31-33(22-28)42-24-41-31/h7-12,15,21-22,25-26,30H,4-6,13-14,16-20,23-24H2,1-3H3/t25-,26+/m1/s1. The molecule has 1 amide bonds. The Morgan fingerprint density at radius 1 is 0.977 bits per heavy atom. The molecule has 3 aliphatic heterocycles. The molecule has 3 aromatic rings. The van der Waals surface area contributed by atoms with Crippen molar-refractivity contribution in [2.45, 2.75) is 71.0 Å². The highest BCUT2D eigenvalue weighted by Crippen LogP contribution is 2.33. The number of carbonyl (C=O) groups is 1. The lowest BCUT2D eigenvalue weighted by Crippen LogP contribution is -2.57. The third-order valence-corrected chi connectivity index (χ3v) is 10.2. The molecule has 0 spiro atoms. The number of nitrogens with zero attached hydrogens (tertiary/aromatic N) is 3. The number of carbonyl (C=O) groups excluding carboxylic acids is 1. The quantitative estimate of drug-likeness (QED) is 0.267. The number of amides is 1. The number of benzene rings is 2. The van der Waals surface area contributed by atoms with Crippen molar-refractivity contribution in [1.29, 1.82) is 0 Å². The van der Waals surface area contributed by atoms with E-state index in [0.29, 0.717) is 31.5 Å². The molecule has 0 N–H and O–H groups in total. The highest BCUT2D eigenvalue weighted by Gasteiger charge is 2.34. The molecule has 2 fully saturated rings. The molecular weight excluding hydrogens is 558 g/mol. The molecule has 3 aliphatic rings. The molecule has 230 valence electrons. The number of likely N-dealkylation sites (tertiary alicyclic amines) is 1. The first-order chi connectivity index (χ1) is 21.0. The molecule has 2 atom stereocenters. The van der Waals surface area contributed by atoms with E-state index in [-0.39, 0.29) is 5.91 Å². The third kappa shape index (κ3) is 6.87. The molecule has 2 aromatic carbocycles. The molecule has 0 unspecified atom stereocenters. The Bertz CT molecular complexity index is 1370. The van der Waals surface area contributed by atoms with Gasteiger partial charge in [0.2, 0.25) is 6.79 Å². The van der Waals surface area contributed by atoms with Crippen molar-refractivity contribution in [3.63, 3.8) is 0 Å². The topological polar surface area (TPSA) is 54.5 Å². The van der Waals surface area contributed by atoms with Crippen LogP contribution in [0.25, 0.3) is 0 Å². The van der Waals surface area contributed by atoms with Crippen LogP contribution in [0, 0.1) is 0 Å². The van der Waals surface area contributed by atoms with E-state index >= 15 is 0 Å². The fraction of sp³-hybridized carbons (Fsp3) is 0.514. The Morgan fingerprint density at radius 2 is 1.72 bits per heavy atom. The Balaban J connectivity index is 0.968. The second kappa shape index (κ2) is 13.7. The van der Waals surface area contributed by atoms with E-state index in [9.17, 15) is 4.79 Å². The lowest BCUT2D eigenvalue weighted by Gasteiger charge is -2.47. The zero-order valence-electron chi connectivity index (χ0n) is 25.8. The molecule has 0 saturated carbocycles. The fourth-order valence-electron chi connectivity index (χ4n) is 6.80. The maximum Gasteiger partial charge on any atom is 0.267 e. The molecule has 0 bridgehead atoms. The number of thiophene rings is 1. The van der Waals surface area contributed by atoms with Crippen molar-refractivity contribution in [1.82, 2.24) is 14.7 Å². The van der Waals surface area contributed by atoms with Crippen LogP contribution in [0.5, 0.6) is 17.2 Å². The van der Waals surface area contributed by atoms with Crippen LogP contribution in [-0.4, -0.2) is 78.8 Å². The van der Waals surface area contributed by atoms with Crippen LogP contribution in [0.4, 0.5) is 0 Å². The maximum absolute atomic E-state index is 13.2. The lowest BCUT2D eigenvalue weighted by atomic mass is 9.97. The Kier molecular flexibility index (Phi) is 9.55. The predicted octanol–water partition coefficient (Wildman–Crippen LogP) is 6.42. The van der Waals surface area contributed by atoms with Crippen LogP contribution in [0.1, 0.15) is 72.4 Å². The number of piperazine rings is 1. The lowest BCUT2D eigenvalue weighted by molar-refractivity contribution is 0.0135. The van der Waals surface area contributed by atoms with E-state index in [1.807, 2.05) is 22.4 Å². The number of piperidine rings is 1. The average Bonchev–Trinajstić information content (AvgIpc) is 3.72. The summed E-state index contributed by atoms with van der Waals surface area (Å²) < 4.78 is 16.8. The van der Waals surface area contributed by atoms with Crippen LogP contribution in [-0.2, 0) is 12.8 Å². The monoisotopic (exact) mass is 603 g/mol. The summed E-state index contributed by atoms with van der Waals surface area (Å²) in [7, 11) is 0. The van der Waals surface area contributed by atoms with E-state index in [4.69, 9.17) is 14.2 Å². The molecular formula is C35H45N3O4S. The molecule has 2 saturated heterocycles. The summed E-state index contributed by atoms with van der Waals surface area (Å²) in [5.41, 5.74) is 4.02. The van der Waals surface area contributed by atoms with Gasteiger partial charge in [-0.25, -0.2) is 0 Å². The number of rotatable bonds is 10. The molecule has 6 rings (SSSR count). The summed E-state index contributed by atoms with van der Waals surface area (Å²) in [5.74, 6) is 2.58. The Hall–Kier alpha value is -3.07. The molecule has 8 heteroatoms. The summed E-state index contributed by atoms with van der Waals surface area (Å²) in [4.78, 5) is 21.3. The van der Waals surface area contributed by atoms with E-state index in [1.165, 1.54) is 28.0 Å². The van der Waals surface area contributed by atoms with Crippen molar-refractivity contribution in [2.75, 3.05) is 46.1 Å². The van der Waals surface area contributed by atoms with Gasteiger partial charge in [-0.05, 0) is 86.2 Å². The molecule has 0 radical (unpaired) electrons. The van der Waals surface area contributed by atoms with E-state index in [1.54, 1.807) is 0 Å². The van der Waals surface area contributed by atoms with Crippen molar-refractivity contribution >= 4 is 17.2 Å². The first kappa shape index (κ1) is 30.0. The van der Waals surface area contributed by atoms with Gasteiger partial charge in [-0.3, -0.25) is 14.6 Å². The van der Waals surface area contributed by atoms with Gasteiger partial charge in [0.05, 0.1) is 6.61 Å². The van der Waals surface area contributed by atoms with Gasteiger partial charge in [-0.1, -0.05) is 37.3 Å². The zero-order chi connectivity index (χ0) is 29.8. The number of aryl methyl sites for hydroxylation is 2. The molecule has 43 heavy (non-hydrogen) atoms. The normalized spacial score (nSPS) is 20.3. The van der Waals surface area contributed by atoms with Gasteiger partial charge < -0.3 is 19.1 Å². The van der Waals surface area contributed by atoms with E-state index in [0.717, 1.165) is 87.0 Å². The number of ether oxygens (including phenoxy) is 3. The average molecular weight is 604 g/mol. The minimum Gasteiger partial charge on any atom is -0.492 e. The summed E-state index contributed by atoms with van der Waals surface area (Å²) in [5, 5.41) is 1.96. The van der Waals surface area contributed by atoms with Crippen molar-refractivity contribution < 1.29 is 19.0 Å². The van der Waals surface area contributed by atoms with E-state index < -0.39 is 0 Å². The second-order valence-corrected chi connectivity index (χ2v) is 13.1. The van der Waals surface area contributed by atoms with E-state index in [2.05, 4.69) is 67.0 Å². The van der Waals surface area contributed by atoms with Crippen molar-refractivity contribution in [2.24, 2.45) is 0 Å². The zero-order valence-corrected chi connectivity index (χ0v) is 26.6. The smallest absolute Gasteiger partial charge is 0.267 e. The maximum atomic E-state index is 13.2. The molecule has 7 nitrogen and oxygen atoms in total. The number of fused-ring (bicyclic) bond motifs is 1. The summed E-state index contributed by atoms with van der Waals surface area (Å²) >= 11 is 1.50. The first-order valence-corrected chi connectivity index (χ1v) is 16.8. The van der Waals surface area contributed by atoms with Crippen LogP contribution in [0.15, 0.2) is 53.9 Å². The summed E-state index contributed by atoms with van der Waals surface area (Å²) in [6.07, 6.45) is 5.02. The SMILES string of the molecule is CCCOc1ccsc1C(=O)N1CCC(N2CCN([C@@H](C)c3ccc(CCc4ccc5c(c4)OCO5)cc3)[C@H](C)C2)CC1. The highest BCUT2D eigenvalue weighted by atomic mass is 32.1. The van der Waals surface area contributed by atoms with Gasteiger partial charge in [0.25, 0.3) is 5.91 Å². The van der Waals surface area contributed by atoms with Crippen LogP contribution in [0.3, 0.4) is 0 Å². The number of hydrogen-bond donors (Lipinski definition) is 0. The first-order valence-electron chi connectivity index (χ1n) is 16.0.